The van der Waals surface area contributed by atoms with E-state index in [0.29, 0.717) is 11.3 Å². The van der Waals surface area contributed by atoms with Crippen LogP contribution in [0.5, 0.6) is 17.2 Å². The highest BCUT2D eigenvalue weighted by atomic mass is 16.5. The minimum absolute atomic E-state index is 0.0133. The fourth-order valence-electron chi connectivity index (χ4n) is 3.98. The van der Waals surface area contributed by atoms with Gasteiger partial charge in [-0.05, 0) is 24.3 Å². The van der Waals surface area contributed by atoms with E-state index in [2.05, 4.69) is 0 Å². The Morgan fingerprint density at radius 1 is 0.970 bits per heavy atom. The topological polar surface area (TPSA) is 159 Å². The van der Waals surface area contributed by atoms with Gasteiger partial charge in [0.15, 0.2) is 5.43 Å². The van der Waals surface area contributed by atoms with Crippen LogP contribution in [0, 0.1) is 0 Å². The van der Waals surface area contributed by atoms with Gasteiger partial charge in [-0.25, -0.2) is 0 Å². The maximum atomic E-state index is 13.0. The molecule has 5 N–H and O–H groups in total. The van der Waals surface area contributed by atoms with Gasteiger partial charge < -0.3 is 44.2 Å². The second-order valence-corrected chi connectivity index (χ2v) is 7.67. The highest BCUT2D eigenvalue weighted by Gasteiger charge is 2.46. The zero-order valence-electron chi connectivity index (χ0n) is 17.8. The third kappa shape index (κ3) is 3.92. The predicted molar refractivity (Wildman–Crippen MR) is 115 cm³/mol. The maximum absolute atomic E-state index is 13.0. The summed E-state index contributed by atoms with van der Waals surface area (Å²) in [6.45, 7) is -0.647. The second kappa shape index (κ2) is 9.00. The van der Waals surface area contributed by atoms with Gasteiger partial charge in [-0.15, -0.1) is 0 Å². The molecule has 1 fully saturated rings. The van der Waals surface area contributed by atoms with Gasteiger partial charge in [-0.1, -0.05) is 0 Å². The van der Waals surface area contributed by atoms with Crippen molar-refractivity contribution < 1.29 is 44.2 Å². The molecular weight excluding hydrogens is 436 g/mol. The lowest BCUT2D eigenvalue weighted by Gasteiger charge is -2.40. The Morgan fingerprint density at radius 2 is 1.67 bits per heavy atom. The van der Waals surface area contributed by atoms with E-state index >= 15 is 0 Å². The molecule has 1 aromatic heterocycles. The largest absolute Gasteiger partial charge is 0.506 e. The third-order valence-corrected chi connectivity index (χ3v) is 5.77. The number of rotatable bonds is 5. The number of aliphatic hydroxyl groups excluding tert-OH is 4. The quantitative estimate of drug-likeness (QED) is 0.367. The molecule has 176 valence electrons. The number of phenolic OH excluding ortho intramolecular Hbond substituents is 1. The van der Waals surface area contributed by atoms with Crippen LogP contribution in [-0.2, 0) is 4.74 Å². The number of hydrogen-bond acceptors (Lipinski definition) is 10. The van der Waals surface area contributed by atoms with E-state index in [1.54, 1.807) is 24.3 Å². The van der Waals surface area contributed by atoms with Crippen molar-refractivity contribution >= 4 is 11.0 Å². The van der Waals surface area contributed by atoms with Crippen LogP contribution in [0.25, 0.3) is 22.3 Å². The Hall–Kier alpha value is -3.15. The molecule has 1 saturated heterocycles. The molecule has 2 unspecified atom stereocenters. The first kappa shape index (κ1) is 23.0. The summed E-state index contributed by atoms with van der Waals surface area (Å²) in [5.41, 5.74) is -0.0539. The highest BCUT2D eigenvalue weighted by Crippen LogP contribution is 2.45. The number of aliphatic hydroxyl groups is 4. The molecule has 0 amide bonds. The number of hydrogen-bond donors (Lipinski definition) is 5. The summed E-state index contributed by atoms with van der Waals surface area (Å²) < 4.78 is 21.9. The van der Waals surface area contributed by atoms with Gasteiger partial charge >= 0.3 is 0 Å². The fraction of sp³-hybridized carbons (Fsp3) is 0.348. The smallest absolute Gasteiger partial charge is 0.197 e. The molecule has 33 heavy (non-hydrogen) atoms. The van der Waals surface area contributed by atoms with Crippen LogP contribution in [-0.4, -0.2) is 70.8 Å². The summed E-state index contributed by atoms with van der Waals surface area (Å²) in [5.74, 6) is 0.325. The van der Waals surface area contributed by atoms with Gasteiger partial charge in [-0.3, -0.25) is 4.79 Å². The molecule has 10 nitrogen and oxygen atoms in total. The highest BCUT2D eigenvalue weighted by molar-refractivity contribution is 5.88. The minimum atomic E-state index is -1.68. The average molecular weight is 460 g/mol. The van der Waals surface area contributed by atoms with Gasteiger partial charge in [0, 0.05) is 17.7 Å². The predicted octanol–water partition coefficient (Wildman–Crippen LogP) is 0.698. The molecule has 0 saturated carbocycles. The summed E-state index contributed by atoms with van der Waals surface area (Å²) in [6.07, 6.45) is -7.53. The summed E-state index contributed by atoms with van der Waals surface area (Å²) in [5, 5.41) is 51.0. The van der Waals surface area contributed by atoms with E-state index in [9.17, 15) is 30.3 Å². The summed E-state index contributed by atoms with van der Waals surface area (Å²) in [6, 6.07) is 9.41. The van der Waals surface area contributed by atoms with E-state index < -0.39 is 48.3 Å². The lowest BCUT2D eigenvalue weighted by atomic mass is 9.89. The molecule has 1 aliphatic rings. The Kier molecular flexibility index (Phi) is 6.28. The Labute approximate surface area is 187 Å². The Bertz CT molecular complexity index is 1200. The van der Waals surface area contributed by atoms with Gasteiger partial charge in [-0.2, -0.15) is 0 Å². The minimum Gasteiger partial charge on any atom is -0.506 e. The van der Waals surface area contributed by atoms with Crippen molar-refractivity contribution in [1.29, 1.82) is 0 Å². The standard InChI is InChI=1S/C23H24O10/c1-30-11-5-3-10(4-6-11)13-7-12(25)17-15(32-13)8-14(31-2)18(20(17)27)23-22(29)21(28)19(26)16(9-24)33-23/h3-8,16,19,21-24,26-29H,9H2,1-2H3/t16?,19-,21+,22?,23+/m1/s1. The summed E-state index contributed by atoms with van der Waals surface area (Å²) >= 11 is 0. The third-order valence-electron chi connectivity index (χ3n) is 5.77. The average Bonchev–Trinajstić information content (AvgIpc) is 2.82. The van der Waals surface area contributed by atoms with E-state index in [4.69, 9.17) is 18.6 Å². The molecule has 3 aromatic rings. The van der Waals surface area contributed by atoms with E-state index in [1.165, 1.54) is 26.4 Å². The zero-order valence-corrected chi connectivity index (χ0v) is 17.8. The van der Waals surface area contributed by atoms with E-state index in [1.807, 2.05) is 0 Å². The van der Waals surface area contributed by atoms with Crippen molar-refractivity contribution in [1.82, 2.24) is 0 Å². The molecule has 10 heteroatoms. The van der Waals surface area contributed by atoms with Crippen LogP contribution in [0.15, 0.2) is 45.6 Å². The fourth-order valence-corrected chi connectivity index (χ4v) is 3.98. The molecule has 4 rings (SSSR count). The lowest BCUT2D eigenvalue weighted by molar-refractivity contribution is -0.232. The van der Waals surface area contributed by atoms with Crippen LogP contribution in [0.4, 0.5) is 0 Å². The van der Waals surface area contributed by atoms with Gasteiger partial charge in [0.1, 0.15) is 64.5 Å². The summed E-state index contributed by atoms with van der Waals surface area (Å²) in [7, 11) is 2.84. The molecule has 2 heterocycles. The van der Waals surface area contributed by atoms with Crippen LogP contribution >= 0.6 is 0 Å². The number of fused-ring (bicyclic) bond motifs is 1. The van der Waals surface area contributed by atoms with Crippen molar-refractivity contribution in [3.63, 3.8) is 0 Å². The second-order valence-electron chi connectivity index (χ2n) is 7.67. The van der Waals surface area contributed by atoms with Crippen LogP contribution in [0.3, 0.4) is 0 Å². The molecule has 1 aliphatic heterocycles. The molecule has 0 aliphatic carbocycles. The normalized spacial score (nSPS) is 25.2. The molecule has 0 radical (unpaired) electrons. The van der Waals surface area contributed by atoms with Crippen LogP contribution < -0.4 is 14.9 Å². The van der Waals surface area contributed by atoms with Crippen LogP contribution in [0.1, 0.15) is 11.7 Å². The first-order valence-electron chi connectivity index (χ1n) is 10.1. The van der Waals surface area contributed by atoms with Crippen LogP contribution in [0.2, 0.25) is 0 Å². The van der Waals surface area contributed by atoms with Crippen molar-refractivity contribution in [2.24, 2.45) is 0 Å². The number of ether oxygens (including phenoxy) is 3. The van der Waals surface area contributed by atoms with Gasteiger partial charge in [0.2, 0.25) is 0 Å². The van der Waals surface area contributed by atoms with E-state index in [0.717, 1.165) is 0 Å². The zero-order chi connectivity index (χ0) is 23.9. The van der Waals surface area contributed by atoms with Crippen molar-refractivity contribution in [2.75, 3.05) is 20.8 Å². The SMILES string of the molecule is COc1ccc(-c2cc(=O)c3c(O)c([C@@H]4OC(CO)[C@@H](O)[C@H](O)C4O)c(OC)cc3o2)cc1. The molecular formula is C23H24O10. The summed E-state index contributed by atoms with van der Waals surface area (Å²) in [4.78, 5) is 13.0. The monoisotopic (exact) mass is 460 g/mol. The first-order valence-corrected chi connectivity index (χ1v) is 10.1. The Morgan fingerprint density at radius 3 is 2.27 bits per heavy atom. The Balaban J connectivity index is 1.86. The maximum Gasteiger partial charge on any atom is 0.197 e. The van der Waals surface area contributed by atoms with Crippen molar-refractivity contribution in [2.45, 2.75) is 30.5 Å². The molecule has 2 aromatic carbocycles. The number of benzene rings is 2. The first-order chi connectivity index (χ1) is 15.8. The van der Waals surface area contributed by atoms with Gasteiger partial charge in [0.25, 0.3) is 0 Å². The molecule has 5 atom stereocenters. The van der Waals surface area contributed by atoms with E-state index in [-0.39, 0.29) is 28.0 Å². The number of phenols is 1. The van der Waals surface area contributed by atoms with Crippen molar-refractivity contribution in [3.05, 3.63) is 52.2 Å². The van der Waals surface area contributed by atoms with Gasteiger partial charge in [0.05, 0.1) is 26.4 Å². The number of aromatic hydroxyl groups is 1. The molecule has 0 bridgehead atoms. The van der Waals surface area contributed by atoms with Crippen molar-refractivity contribution in [3.8, 4) is 28.6 Å². The lowest BCUT2D eigenvalue weighted by Crippen LogP contribution is -2.55. The number of methoxy groups -OCH3 is 2. The molecule has 0 spiro atoms.